The Bertz CT molecular complexity index is 442. The van der Waals surface area contributed by atoms with Crippen molar-refractivity contribution in [2.24, 2.45) is 0 Å². The van der Waals surface area contributed by atoms with Crippen molar-refractivity contribution < 1.29 is 9.47 Å². The minimum Gasteiger partial charge on any atom is -0.355 e. The van der Waals surface area contributed by atoms with Gasteiger partial charge in [0.05, 0.1) is 6.07 Å². The highest BCUT2D eigenvalue weighted by molar-refractivity contribution is 5.57. The Labute approximate surface area is 114 Å². The standard InChI is InChI=1S/C15H20N2O2/c1-12-4-6-13(7-5-12)8-14(9-16)10-17-11-15(18-2)19-3/h4-8,15,17H,10-11H2,1-3H3/b14-8-. The van der Waals surface area contributed by atoms with E-state index in [9.17, 15) is 0 Å². The molecule has 1 rings (SSSR count). The number of aryl methyl sites for hydroxylation is 1. The number of ether oxygens (including phenoxy) is 2. The van der Waals surface area contributed by atoms with Crippen molar-refractivity contribution in [3.05, 3.63) is 41.0 Å². The number of hydrogen-bond donors (Lipinski definition) is 1. The highest BCUT2D eigenvalue weighted by Crippen LogP contribution is 2.07. The molecule has 0 aromatic heterocycles. The SMILES string of the molecule is COC(CNC/C(C#N)=C\c1ccc(C)cc1)OC. The van der Waals surface area contributed by atoms with Gasteiger partial charge in [0.15, 0.2) is 6.29 Å². The first-order valence-corrected chi connectivity index (χ1v) is 6.13. The van der Waals surface area contributed by atoms with Gasteiger partial charge in [-0.15, -0.1) is 0 Å². The zero-order valence-electron chi connectivity index (χ0n) is 11.6. The molecule has 0 bridgehead atoms. The third-order valence-corrected chi connectivity index (χ3v) is 2.71. The first-order chi connectivity index (χ1) is 9.19. The minimum absolute atomic E-state index is 0.292. The summed E-state index contributed by atoms with van der Waals surface area (Å²) < 4.78 is 10.1. The molecule has 1 aromatic carbocycles. The maximum absolute atomic E-state index is 9.10. The number of rotatable bonds is 7. The number of hydrogen-bond acceptors (Lipinski definition) is 4. The van der Waals surface area contributed by atoms with E-state index in [1.807, 2.05) is 37.3 Å². The van der Waals surface area contributed by atoms with Gasteiger partial charge in [-0.25, -0.2) is 0 Å². The number of nitriles is 1. The average molecular weight is 260 g/mol. The average Bonchev–Trinajstić information content (AvgIpc) is 2.44. The molecular formula is C15H20N2O2. The van der Waals surface area contributed by atoms with E-state index in [1.165, 1.54) is 5.56 Å². The molecular weight excluding hydrogens is 240 g/mol. The van der Waals surface area contributed by atoms with E-state index >= 15 is 0 Å². The van der Waals surface area contributed by atoms with Gasteiger partial charge < -0.3 is 14.8 Å². The molecule has 0 saturated carbocycles. The first-order valence-electron chi connectivity index (χ1n) is 6.13. The van der Waals surface area contributed by atoms with Crippen LogP contribution in [0.2, 0.25) is 0 Å². The van der Waals surface area contributed by atoms with Crippen LogP contribution in [-0.2, 0) is 9.47 Å². The summed E-state index contributed by atoms with van der Waals surface area (Å²) in [5.74, 6) is 0. The number of methoxy groups -OCH3 is 2. The molecule has 0 aliphatic heterocycles. The molecule has 4 nitrogen and oxygen atoms in total. The van der Waals surface area contributed by atoms with Crippen LogP contribution < -0.4 is 5.32 Å². The summed E-state index contributed by atoms with van der Waals surface area (Å²) >= 11 is 0. The van der Waals surface area contributed by atoms with E-state index in [0.717, 1.165) is 5.56 Å². The molecule has 0 amide bonds. The summed E-state index contributed by atoms with van der Waals surface area (Å²) in [5.41, 5.74) is 2.91. The van der Waals surface area contributed by atoms with Crippen molar-refractivity contribution in [3.63, 3.8) is 0 Å². The molecule has 0 heterocycles. The Morgan fingerprint density at radius 3 is 2.47 bits per heavy atom. The van der Waals surface area contributed by atoms with Crippen molar-refractivity contribution in [3.8, 4) is 6.07 Å². The second kappa shape index (κ2) is 8.44. The van der Waals surface area contributed by atoms with E-state index < -0.39 is 0 Å². The van der Waals surface area contributed by atoms with Crippen LogP contribution >= 0.6 is 0 Å². The molecule has 102 valence electrons. The van der Waals surface area contributed by atoms with Crippen molar-refractivity contribution in [2.45, 2.75) is 13.2 Å². The van der Waals surface area contributed by atoms with Crippen LogP contribution in [0, 0.1) is 18.3 Å². The third kappa shape index (κ3) is 5.66. The van der Waals surface area contributed by atoms with Crippen molar-refractivity contribution >= 4 is 6.08 Å². The Hall–Kier alpha value is -1.67. The summed E-state index contributed by atoms with van der Waals surface area (Å²) in [7, 11) is 3.17. The molecule has 0 aliphatic rings. The molecule has 1 N–H and O–H groups in total. The molecule has 1 aromatic rings. The lowest BCUT2D eigenvalue weighted by Crippen LogP contribution is -2.30. The fourth-order valence-corrected chi connectivity index (χ4v) is 1.57. The predicted octanol–water partition coefficient (Wildman–Crippen LogP) is 2.11. The number of nitrogens with zero attached hydrogens (tertiary/aromatic N) is 1. The molecule has 0 unspecified atom stereocenters. The fourth-order valence-electron chi connectivity index (χ4n) is 1.57. The van der Waals surface area contributed by atoms with E-state index in [4.69, 9.17) is 14.7 Å². The quantitative estimate of drug-likeness (QED) is 0.602. The lowest BCUT2D eigenvalue weighted by Gasteiger charge is -2.13. The van der Waals surface area contributed by atoms with E-state index in [1.54, 1.807) is 14.2 Å². The molecule has 0 aliphatic carbocycles. The normalized spacial score (nSPS) is 11.6. The van der Waals surface area contributed by atoms with Gasteiger partial charge in [-0.05, 0) is 18.6 Å². The third-order valence-electron chi connectivity index (χ3n) is 2.71. The first kappa shape index (κ1) is 15.4. The highest BCUT2D eigenvalue weighted by Gasteiger charge is 2.04. The summed E-state index contributed by atoms with van der Waals surface area (Å²) in [5, 5.41) is 12.2. The predicted molar refractivity (Wildman–Crippen MR) is 75.4 cm³/mol. The van der Waals surface area contributed by atoms with E-state index in [0.29, 0.717) is 18.7 Å². The van der Waals surface area contributed by atoms with Gasteiger partial charge in [-0.3, -0.25) is 0 Å². The maximum Gasteiger partial charge on any atom is 0.169 e. The summed E-state index contributed by atoms with van der Waals surface area (Å²) in [4.78, 5) is 0. The van der Waals surface area contributed by atoms with Gasteiger partial charge in [-0.2, -0.15) is 5.26 Å². The van der Waals surface area contributed by atoms with Gasteiger partial charge in [0.25, 0.3) is 0 Å². The van der Waals surface area contributed by atoms with E-state index in [-0.39, 0.29) is 6.29 Å². The number of benzene rings is 1. The van der Waals surface area contributed by atoms with Crippen LogP contribution in [0.5, 0.6) is 0 Å². The van der Waals surface area contributed by atoms with Crippen molar-refractivity contribution in [1.82, 2.24) is 5.32 Å². The molecule has 0 spiro atoms. The second-order valence-corrected chi connectivity index (χ2v) is 4.22. The maximum atomic E-state index is 9.10. The molecule has 0 atom stereocenters. The van der Waals surface area contributed by atoms with Crippen LogP contribution in [0.4, 0.5) is 0 Å². The Morgan fingerprint density at radius 1 is 1.32 bits per heavy atom. The van der Waals surface area contributed by atoms with Crippen molar-refractivity contribution in [2.75, 3.05) is 27.3 Å². The second-order valence-electron chi connectivity index (χ2n) is 4.22. The molecule has 0 saturated heterocycles. The van der Waals surface area contributed by atoms with Crippen LogP contribution in [0.1, 0.15) is 11.1 Å². The number of nitrogens with one attached hydrogen (secondary N) is 1. The lowest BCUT2D eigenvalue weighted by atomic mass is 10.1. The Balaban J connectivity index is 2.54. The van der Waals surface area contributed by atoms with Gasteiger partial charge in [0.1, 0.15) is 0 Å². The zero-order chi connectivity index (χ0) is 14.1. The fraction of sp³-hybridized carbons (Fsp3) is 0.400. The van der Waals surface area contributed by atoms with Crippen LogP contribution in [0.3, 0.4) is 0 Å². The summed E-state index contributed by atoms with van der Waals surface area (Å²) in [6, 6.07) is 10.2. The van der Waals surface area contributed by atoms with E-state index in [2.05, 4.69) is 11.4 Å². The monoisotopic (exact) mass is 260 g/mol. The van der Waals surface area contributed by atoms with Gasteiger partial charge in [-0.1, -0.05) is 29.8 Å². The van der Waals surface area contributed by atoms with Crippen LogP contribution in [0.15, 0.2) is 29.8 Å². The smallest absolute Gasteiger partial charge is 0.169 e. The zero-order valence-corrected chi connectivity index (χ0v) is 11.6. The Morgan fingerprint density at radius 2 is 1.95 bits per heavy atom. The largest absolute Gasteiger partial charge is 0.355 e. The summed E-state index contributed by atoms with van der Waals surface area (Å²) in [6.45, 7) is 3.07. The molecule has 19 heavy (non-hydrogen) atoms. The Kier molecular flexibility index (Phi) is 6.83. The summed E-state index contributed by atoms with van der Waals surface area (Å²) in [6.07, 6.45) is 1.58. The highest BCUT2D eigenvalue weighted by atomic mass is 16.7. The molecule has 0 radical (unpaired) electrons. The topological polar surface area (TPSA) is 54.3 Å². The van der Waals surface area contributed by atoms with Crippen LogP contribution in [0.25, 0.3) is 6.08 Å². The van der Waals surface area contributed by atoms with Gasteiger partial charge in [0.2, 0.25) is 0 Å². The van der Waals surface area contributed by atoms with Crippen LogP contribution in [-0.4, -0.2) is 33.6 Å². The van der Waals surface area contributed by atoms with Gasteiger partial charge in [0, 0.05) is 32.9 Å². The molecule has 0 fully saturated rings. The van der Waals surface area contributed by atoms with Gasteiger partial charge >= 0.3 is 0 Å². The molecule has 4 heteroatoms. The van der Waals surface area contributed by atoms with Crippen molar-refractivity contribution in [1.29, 1.82) is 5.26 Å². The minimum atomic E-state index is -0.292. The lowest BCUT2D eigenvalue weighted by molar-refractivity contribution is -0.0983.